The number of amides is 3. The van der Waals surface area contributed by atoms with Crippen molar-refractivity contribution in [3.05, 3.63) is 48.3 Å². The van der Waals surface area contributed by atoms with Gasteiger partial charge in [0.15, 0.2) is 0 Å². The van der Waals surface area contributed by atoms with Gasteiger partial charge in [0.25, 0.3) is 0 Å². The minimum absolute atomic E-state index is 0.0770. The summed E-state index contributed by atoms with van der Waals surface area (Å²) in [4.78, 5) is 26.4. The van der Waals surface area contributed by atoms with Gasteiger partial charge in [0.05, 0.1) is 0 Å². The second-order valence-electron chi connectivity index (χ2n) is 6.88. The van der Waals surface area contributed by atoms with E-state index in [1.165, 1.54) is 0 Å². The molecule has 27 heavy (non-hydrogen) atoms. The van der Waals surface area contributed by atoms with Gasteiger partial charge in [0, 0.05) is 37.2 Å². The molecule has 0 aliphatic carbocycles. The highest BCUT2D eigenvalue weighted by atomic mass is 16.2. The molecule has 1 unspecified atom stereocenters. The highest BCUT2D eigenvalue weighted by molar-refractivity contribution is 5.90. The number of benzene rings is 1. The number of nitrogens with one attached hydrogen (secondary N) is 2. The topological polar surface area (TPSA) is 79.3 Å². The molecule has 0 spiro atoms. The van der Waals surface area contributed by atoms with E-state index in [2.05, 4.69) is 36.5 Å². The van der Waals surface area contributed by atoms with Gasteiger partial charge in [-0.05, 0) is 43.5 Å². The van der Waals surface area contributed by atoms with Crippen LogP contribution >= 0.6 is 0 Å². The summed E-state index contributed by atoms with van der Waals surface area (Å²) in [5, 5.41) is 9.83. The van der Waals surface area contributed by atoms with Crippen molar-refractivity contribution in [2.24, 2.45) is 5.92 Å². The molecule has 1 atom stereocenters. The fourth-order valence-electron chi connectivity index (χ4n) is 2.76. The summed E-state index contributed by atoms with van der Waals surface area (Å²) >= 11 is 0. The van der Waals surface area contributed by atoms with E-state index in [0.717, 1.165) is 5.56 Å². The molecule has 1 heterocycles. The van der Waals surface area contributed by atoms with Gasteiger partial charge >= 0.3 is 6.03 Å². The molecule has 0 radical (unpaired) electrons. The highest BCUT2D eigenvalue weighted by Crippen LogP contribution is 2.13. The molecule has 2 rings (SSSR count). The zero-order valence-corrected chi connectivity index (χ0v) is 16.5. The average Bonchev–Trinajstić information content (AvgIpc) is 3.13. The van der Waals surface area contributed by atoms with Gasteiger partial charge in [-0.1, -0.05) is 26.0 Å². The minimum atomic E-state index is -0.150. The smallest absolute Gasteiger partial charge is 0.317 e. The third kappa shape index (κ3) is 6.13. The quantitative estimate of drug-likeness (QED) is 0.748. The Kier molecular flexibility index (Phi) is 7.40. The van der Waals surface area contributed by atoms with Crippen molar-refractivity contribution < 1.29 is 9.59 Å². The van der Waals surface area contributed by atoms with Crippen molar-refractivity contribution in [1.29, 1.82) is 0 Å². The number of hydrogen-bond donors (Lipinski definition) is 2. The summed E-state index contributed by atoms with van der Waals surface area (Å²) < 4.78 is 1.56. The minimum Gasteiger partial charge on any atom is -0.334 e. The number of rotatable bonds is 8. The fourth-order valence-corrected chi connectivity index (χ4v) is 2.76. The predicted octanol–water partition coefficient (Wildman–Crippen LogP) is 3.10. The van der Waals surface area contributed by atoms with Gasteiger partial charge < -0.3 is 15.5 Å². The summed E-state index contributed by atoms with van der Waals surface area (Å²) in [6.07, 6.45) is 3.37. The van der Waals surface area contributed by atoms with Crippen LogP contribution in [0.1, 0.15) is 33.3 Å². The maximum atomic E-state index is 12.5. The molecule has 146 valence electrons. The normalized spacial score (nSPS) is 11.9. The van der Waals surface area contributed by atoms with Gasteiger partial charge in [-0.25, -0.2) is 4.79 Å². The molecule has 0 fully saturated rings. The van der Waals surface area contributed by atoms with Gasteiger partial charge in [0.2, 0.25) is 5.91 Å². The van der Waals surface area contributed by atoms with Crippen LogP contribution in [0.2, 0.25) is 0 Å². The molecule has 0 bridgehead atoms. The van der Waals surface area contributed by atoms with Crippen LogP contribution in [-0.2, 0) is 17.9 Å². The summed E-state index contributed by atoms with van der Waals surface area (Å²) in [6, 6.07) is 9.34. The zero-order chi connectivity index (χ0) is 19.8. The highest BCUT2D eigenvalue weighted by Gasteiger charge is 2.20. The van der Waals surface area contributed by atoms with Crippen LogP contribution in [0.15, 0.2) is 42.7 Å². The molecular formula is C20H29N5O2. The molecule has 1 aromatic carbocycles. The largest absolute Gasteiger partial charge is 0.334 e. The first kappa shape index (κ1) is 20.5. The molecular weight excluding hydrogens is 342 g/mol. The summed E-state index contributed by atoms with van der Waals surface area (Å²) in [6.45, 7) is 9.48. The van der Waals surface area contributed by atoms with E-state index in [1.807, 2.05) is 36.1 Å². The fraction of sp³-hybridized carbons (Fsp3) is 0.450. The Balaban J connectivity index is 1.91. The van der Waals surface area contributed by atoms with E-state index in [1.54, 1.807) is 23.1 Å². The monoisotopic (exact) mass is 371 g/mol. The maximum Gasteiger partial charge on any atom is 0.317 e. The number of carbonyl (C=O) groups is 2. The average molecular weight is 371 g/mol. The lowest BCUT2D eigenvalue weighted by atomic mass is 10.1. The van der Waals surface area contributed by atoms with Crippen LogP contribution in [0.25, 0.3) is 0 Å². The van der Waals surface area contributed by atoms with E-state index in [4.69, 9.17) is 0 Å². The number of aromatic nitrogens is 2. The lowest BCUT2D eigenvalue weighted by Gasteiger charge is -2.31. The van der Waals surface area contributed by atoms with E-state index in [9.17, 15) is 9.59 Å². The van der Waals surface area contributed by atoms with E-state index in [-0.39, 0.29) is 24.5 Å². The molecule has 0 saturated heterocycles. The second-order valence-corrected chi connectivity index (χ2v) is 6.88. The van der Waals surface area contributed by atoms with E-state index in [0.29, 0.717) is 24.7 Å². The Morgan fingerprint density at radius 2 is 2.00 bits per heavy atom. The van der Waals surface area contributed by atoms with E-state index < -0.39 is 0 Å². The van der Waals surface area contributed by atoms with Crippen molar-refractivity contribution in [3.8, 4) is 0 Å². The lowest BCUT2D eigenvalue weighted by molar-refractivity contribution is -0.116. The Labute approximate surface area is 160 Å². The summed E-state index contributed by atoms with van der Waals surface area (Å²) in [5.41, 5.74) is 1.62. The number of carbonyl (C=O) groups excluding carboxylic acids is 2. The number of hydrogen-bond acceptors (Lipinski definition) is 3. The first-order valence-corrected chi connectivity index (χ1v) is 9.31. The summed E-state index contributed by atoms with van der Waals surface area (Å²) in [7, 11) is 0. The molecule has 2 aromatic rings. The first-order chi connectivity index (χ1) is 12.9. The van der Waals surface area contributed by atoms with Crippen molar-refractivity contribution in [1.82, 2.24) is 20.0 Å². The molecule has 7 nitrogen and oxygen atoms in total. The van der Waals surface area contributed by atoms with Crippen LogP contribution in [0.4, 0.5) is 10.5 Å². The molecule has 0 aliphatic heterocycles. The Morgan fingerprint density at radius 1 is 1.22 bits per heavy atom. The third-order valence-corrected chi connectivity index (χ3v) is 4.58. The van der Waals surface area contributed by atoms with Crippen molar-refractivity contribution in [2.75, 3.05) is 11.9 Å². The molecule has 2 N–H and O–H groups in total. The third-order valence-electron chi connectivity index (χ3n) is 4.58. The SMILES string of the molecule is CCN(C(=O)NCc1cccc(NC(=O)Cn2cccn2)c1)C(C)C(C)C. The number of urea groups is 1. The molecule has 0 aliphatic rings. The lowest BCUT2D eigenvalue weighted by Crippen LogP contribution is -2.46. The Hall–Kier alpha value is -2.83. The van der Waals surface area contributed by atoms with Gasteiger partial charge in [-0.2, -0.15) is 5.10 Å². The van der Waals surface area contributed by atoms with Crippen LogP contribution < -0.4 is 10.6 Å². The number of nitrogens with zero attached hydrogens (tertiary/aromatic N) is 3. The van der Waals surface area contributed by atoms with E-state index >= 15 is 0 Å². The zero-order valence-electron chi connectivity index (χ0n) is 16.5. The number of anilines is 1. The first-order valence-electron chi connectivity index (χ1n) is 9.31. The van der Waals surface area contributed by atoms with Gasteiger partial charge in [-0.15, -0.1) is 0 Å². The van der Waals surface area contributed by atoms with Crippen molar-refractivity contribution in [3.63, 3.8) is 0 Å². The predicted molar refractivity (Wildman–Crippen MR) is 106 cm³/mol. The Bertz CT molecular complexity index is 743. The van der Waals surface area contributed by atoms with Gasteiger partial charge in [0.1, 0.15) is 6.54 Å². The molecule has 3 amide bonds. The maximum absolute atomic E-state index is 12.5. The van der Waals surface area contributed by atoms with Crippen molar-refractivity contribution in [2.45, 2.75) is 46.8 Å². The van der Waals surface area contributed by atoms with Gasteiger partial charge in [-0.3, -0.25) is 9.48 Å². The van der Waals surface area contributed by atoms with Crippen LogP contribution in [0.5, 0.6) is 0 Å². The van der Waals surface area contributed by atoms with Crippen LogP contribution in [0, 0.1) is 5.92 Å². The molecule has 1 aromatic heterocycles. The van der Waals surface area contributed by atoms with Crippen LogP contribution in [-0.4, -0.2) is 39.2 Å². The molecule has 0 saturated carbocycles. The van der Waals surface area contributed by atoms with Crippen LogP contribution in [0.3, 0.4) is 0 Å². The second kappa shape index (κ2) is 9.75. The Morgan fingerprint density at radius 3 is 2.63 bits per heavy atom. The standard InChI is InChI=1S/C20H29N5O2/c1-5-25(16(4)15(2)3)20(27)21-13-17-8-6-9-18(12-17)23-19(26)14-24-11-7-10-22-24/h6-12,15-16H,5,13-14H2,1-4H3,(H,21,27)(H,23,26). The molecule has 7 heteroatoms. The van der Waals surface area contributed by atoms with Crippen molar-refractivity contribution >= 4 is 17.6 Å². The summed E-state index contributed by atoms with van der Waals surface area (Å²) in [5.74, 6) is 0.242.